The highest BCUT2D eigenvalue weighted by Gasteiger charge is 2.04. The Labute approximate surface area is 116 Å². The molecule has 2 nitrogen and oxygen atoms in total. The molecular formula is C15H26N2S. The van der Waals surface area contributed by atoms with Crippen molar-refractivity contribution in [2.75, 3.05) is 12.3 Å². The lowest BCUT2D eigenvalue weighted by Crippen LogP contribution is -2.28. The minimum absolute atomic E-state index is 0.683. The van der Waals surface area contributed by atoms with Crippen LogP contribution < -0.4 is 5.32 Å². The zero-order chi connectivity index (χ0) is 13.4. The Kier molecular flexibility index (Phi) is 7.36. The molecule has 1 heterocycles. The lowest BCUT2D eigenvalue weighted by Gasteiger charge is -2.15. The molecule has 1 aromatic rings. The van der Waals surface area contributed by atoms with Crippen molar-refractivity contribution in [3.05, 3.63) is 23.4 Å². The third kappa shape index (κ3) is 5.87. The first kappa shape index (κ1) is 15.5. The standard InChI is InChI=1S/C15H26N2S/c1-5-14(16-6-2)8-7-9-18-15-11-12(3)10-13(4)17-15/h10-11,14,16H,5-9H2,1-4H3. The lowest BCUT2D eigenvalue weighted by atomic mass is 10.1. The van der Waals surface area contributed by atoms with Crippen LogP contribution in [0.15, 0.2) is 17.2 Å². The summed E-state index contributed by atoms with van der Waals surface area (Å²) in [5.74, 6) is 1.16. The highest BCUT2D eigenvalue weighted by atomic mass is 32.2. The smallest absolute Gasteiger partial charge is 0.0965 e. The third-order valence-corrected chi connectivity index (χ3v) is 4.00. The Hall–Kier alpha value is -0.540. The summed E-state index contributed by atoms with van der Waals surface area (Å²) in [4.78, 5) is 4.55. The van der Waals surface area contributed by atoms with Crippen molar-refractivity contribution < 1.29 is 0 Å². The second kappa shape index (κ2) is 8.54. The molecule has 0 saturated heterocycles. The number of nitrogens with one attached hydrogen (secondary N) is 1. The summed E-state index contributed by atoms with van der Waals surface area (Å²) in [5, 5.41) is 4.69. The average molecular weight is 266 g/mol. The molecule has 0 amide bonds. The molecule has 1 aromatic heterocycles. The molecule has 0 spiro atoms. The van der Waals surface area contributed by atoms with Crippen molar-refractivity contribution in [1.82, 2.24) is 10.3 Å². The van der Waals surface area contributed by atoms with E-state index in [1.807, 2.05) is 11.8 Å². The van der Waals surface area contributed by atoms with E-state index in [4.69, 9.17) is 0 Å². The van der Waals surface area contributed by atoms with Crippen LogP contribution in [0.4, 0.5) is 0 Å². The van der Waals surface area contributed by atoms with Crippen LogP contribution in [0.1, 0.15) is 44.4 Å². The van der Waals surface area contributed by atoms with Crippen molar-refractivity contribution >= 4 is 11.8 Å². The van der Waals surface area contributed by atoms with Crippen LogP contribution in [-0.4, -0.2) is 23.3 Å². The van der Waals surface area contributed by atoms with Gasteiger partial charge in [-0.2, -0.15) is 0 Å². The van der Waals surface area contributed by atoms with Gasteiger partial charge in [-0.15, -0.1) is 11.8 Å². The molecule has 0 aliphatic rings. The molecule has 0 aliphatic heterocycles. The number of aryl methyl sites for hydroxylation is 2. The van der Waals surface area contributed by atoms with Gasteiger partial charge in [0.25, 0.3) is 0 Å². The molecule has 0 aliphatic carbocycles. The van der Waals surface area contributed by atoms with E-state index in [9.17, 15) is 0 Å². The van der Waals surface area contributed by atoms with E-state index in [1.165, 1.54) is 29.9 Å². The molecule has 1 rings (SSSR count). The molecule has 18 heavy (non-hydrogen) atoms. The van der Waals surface area contributed by atoms with Gasteiger partial charge in [-0.25, -0.2) is 4.98 Å². The third-order valence-electron chi connectivity index (χ3n) is 3.01. The van der Waals surface area contributed by atoms with Crippen LogP contribution in [0.5, 0.6) is 0 Å². The Morgan fingerprint density at radius 1 is 1.28 bits per heavy atom. The Morgan fingerprint density at radius 2 is 2.06 bits per heavy atom. The van der Waals surface area contributed by atoms with E-state index in [0.717, 1.165) is 18.0 Å². The van der Waals surface area contributed by atoms with Gasteiger partial charge < -0.3 is 5.32 Å². The molecule has 0 fully saturated rings. The fourth-order valence-electron chi connectivity index (χ4n) is 2.12. The van der Waals surface area contributed by atoms with E-state index < -0.39 is 0 Å². The fraction of sp³-hybridized carbons (Fsp3) is 0.667. The SMILES string of the molecule is CCNC(CC)CCCSc1cc(C)cc(C)n1. The van der Waals surface area contributed by atoms with Crippen LogP contribution in [0.2, 0.25) is 0 Å². The second-order valence-corrected chi connectivity index (χ2v) is 5.89. The summed E-state index contributed by atoms with van der Waals surface area (Å²) in [6, 6.07) is 4.99. The first-order chi connectivity index (χ1) is 8.65. The molecule has 0 saturated carbocycles. The molecule has 102 valence electrons. The number of rotatable bonds is 8. The Balaban J connectivity index is 2.28. The zero-order valence-corrected chi connectivity index (χ0v) is 12.9. The Bertz CT molecular complexity index is 332. The van der Waals surface area contributed by atoms with Crippen LogP contribution >= 0.6 is 11.8 Å². The summed E-state index contributed by atoms with van der Waals surface area (Å²) in [7, 11) is 0. The van der Waals surface area contributed by atoms with Crippen LogP contribution in [-0.2, 0) is 0 Å². The zero-order valence-electron chi connectivity index (χ0n) is 12.1. The van der Waals surface area contributed by atoms with E-state index >= 15 is 0 Å². The molecule has 0 aromatic carbocycles. The summed E-state index contributed by atoms with van der Waals surface area (Å²) in [5.41, 5.74) is 2.43. The molecule has 0 radical (unpaired) electrons. The van der Waals surface area contributed by atoms with Gasteiger partial charge in [0.2, 0.25) is 0 Å². The monoisotopic (exact) mass is 266 g/mol. The summed E-state index contributed by atoms with van der Waals surface area (Å²) in [6.45, 7) is 9.71. The van der Waals surface area contributed by atoms with Crippen LogP contribution in [0.3, 0.4) is 0 Å². The van der Waals surface area contributed by atoms with E-state index in [2.05, 4.69) is 50.1 Å². The molecule has 0 bridgehead atoms. The molecular weight excluding hydrogens is 240 g/mol. The molecule has 1 atom stereocenters. The quantitative estimate of drug-likeness (QED) is 0.569. The predicted octanol–water partition coefficient (Wildman–Crippen LogP) is 3.96. The predicted molar refractivity (Wildman–Crippen MR) is 81.4 cm³/mol. The average Bonchev–Trinajstić information content (AvgIpc) is 2.32. The van der Waals surface area contributed by atoms with Crippen molar-refractivity contribution in [2.45, 2.75) is 58.0 Å². The molecule has 1 unspecified atom stereocenters. The van der Waals surface area contributed by atoms with Gasteiger partial charge in [-0.05, 0) is 63.1 Å². The van der Waals surface area contributed by atoms with Gasteiger partial charge in [-0.1, -0.05) is 13.8 Å². The maximum atomic E-state index is 4.55. The molecule has 3 heteroatoms. The van der Waals surface area contributed by atoms with Crippen molar-refractivity contribution in [3.63, 3.8) is 0 Å². The van der Waals surface area contributed by atoms with E-state index in [-0.39, 0.29) is 0 Å². The summed E-state index contributed by atoms with van der Waals surface area (Å²) < 4.78 is 0. The maximum absolute atomic E-state index is 4.55. The first-order valence-corrected chi connectivity index (χ1v) is 7.95. The number of thioether (sulfide) groups is 1. The summed E-state index contributed by atoms with van der Waals surface area (Å²) in [6.07, 6.45) is 3.74. The topological polar surface area (TPSA) is 24.9 Å². The van der Waals surface area contributed by atoms with Gasteiger partial charge in [-0.3, -0.25) is 0 Å². The van der Waals surface area contributed by atoms with E-state index in [1.54, 1.807) is 0 Å². The molecule has 1 N–H and O–H groups in total. The van der Waals surface area contributed by atoms with Crippen molar-refractivity contribution in [1.29, 1.82) is 0 Å². The van der Waals surface area contributed by atoms with E-state index in [0.29, 0.717) is 6.04 Å². The van der Waals surface area contributed by atoms with Gasteiger partial charge in [0, 0.05) is 11.7 Å². The first-order valence-electron chi connectivity index (χ1n) is 6.97. The largest absolute Gasteiger partial charge is 0.314 e. The number of aromatic nitrogens is 1. The highest BCUT2D eigenvalue weighted by molar-refractivity contribution is 7.99. The van der Waals surface area contributed by atoms with Crippen molar-refractivity contribution in [3.8, 4) is 0 Å². The minimum Gasteiger partial charge on any atom is -0.314 e. The van der Waals surface area contributed by atoms with Gasteiger partial charge in [0.05, 0.1) is 5.03 Å². The number of nitrogens with zero attached hydrogens (tertiary/aromatic N) is 1. The van der Waals surface area contributed by atoms with Gasteiger partial charge in [0.1, 0.15) is 0 Å². The van der Waals surface area contributed by atoms with Crippen molar-refractivity contribution in [2.24, 2.45) is 0 Å². The maximum Gasteiger partial charge on any atom is 0.0965 e. The number of pyridine rings is 1. The van der Waals surface area contributed by atoms with Crippen LogP contribution in [0, 0.1) is 13.8 Å². The highest BCUT2D eigenvalue weighted by Crippen LogP contribution is 2.19. The van der Waals surface area contributed by atoms with Crippen LogP contribution in [0.25, 0.3) is 0 Å². The van der Waals surface area contributed by atoms with Gasteiger partial charge >= 0.3 is 0 Å². The van der Waals surface area contributed by atoms with Gasteiger partial charge in [0.15, 0.2) is 0 Å². The number of hydrogen-bond donors (Lipinski definition) is 1. The Morgan fingerprint density at radius 3 is 2.67 bits per heavy atom. The fourth-order valence-corrected chi connectivity index (χ4v) is 3.12. The second-order valence-electron chi connectivity index (χ2n) is 4.78. The number of hydrogen-bond acceptors (Lipinski definition) is 3. The summed E-state index contributed by atoms with van der Waals surface area (Å²) >= 11 is 1.88. The minimum atomic E-state index is 0.683. The normalized spacial score (nSPS) is 12.7. The lowest BCUT2D eigenvalue weighted by molar-refractivity contribution is 0.477.